The second-order valence-corrected chi connectivity index (χ2v) is 5.44. The van der Waals surface area contributed by atoms with E-state index in [0.717, 1.165) is 9.35 Å². The van der Waals surface area contributed by atoms with Crippen molar-refractivity contribution in [1.29, 1.82) is 0 Å². The van der Waals surface area contributed by atoms with E-state index in [1.165, 1.54) is 11.3 Å². The lowest BCUT2D eigenvalue weighted by Gasteiger charge is -2.08. The first-order valence-corrected chi connectivity index (χ1v) is 6.75. The van der Waals surface area contributed by atoms with Crippen molar-refractivity contribution in [3.63, 3.8) is 0 Å². The summed E-state index contributed by atoms with van der Waals surface area (Å²) in [5, 5.41) is 14.9. The van der Waals surface area contributed by atoms with Crippen molar-refractivity contribution >= 4 is 38.6 Å². The largest absolute Gasteiger partial charge is 0.375 e. The Hall–Kier alpha value is -1.54. The van der Waals surface area contributed by atoms with E-state index < -0.39 is 22.2 Å². The molecule has 1 heterocycles. The van der Waals surface area contributed by atoms with Crippen LogP contribution in [0.4, 0.5) is 20.2 Å². The van der Waals surface area contributed by atoms with Crippen LogP contribution in [0.5, 0.6) is 0 Å². The molecule has 0 fully saturated rings. The molecule has 2 rings (SSSR count). The second-order valence-electron chi connectivity index (χ2n) is 3.59. The molecule has 19 heavy (non-hydrogen) atoms. The van der Waals surface area contributed by atoms with Gasteiger partial charge in [0.1, 0.15) is 5.69 Å². The van der Waals surface area contributed by atoms with Gasteiger partial charge in [-0.2, -0.15) is 0 Å². The van der Waals surface area contributed by atoms with Gasteiger partial charge in [-0.15, -0.1) is 11.3 Å². The van der Waals surface area contributed by atoms with Gasteiger partial charge in [-0.3, -0.25) is 10.1 Å². The molecule has 0 unspecified atom stereocenters. The Morgan fingerprint density at radius 3 is 2.47 bits per heavy atom. The Bertz CT molecular complexity index is 610. The first kappa shape index (κ1) is 13.9. The van der Waals surface area contributed by atoms with Crippen molar-refractivity contribution in [3.8, 4) is 0 Å². The van der Waals surface area contributed by atoms with E-state index in [4.69, 9.17) is 0 Å². The molecule has 2 aromatic rings. The fourth-order valence-electron chi connectivity index (χ4n) is 1.45. The number of halogens is 3. The van der Waals surface area contributed by atoms with E-state index in [1.54, 1.807) is 0 Å². The quantitative estimate of drug-likeness (QED) is 0.661. The van der Waals surface area contributed by atoms with Crippen molar-refractivity contribution in [2.24, 2.45) is 0 Å². The average Bonchev–Trinajstić information content (AvgIpc) is 2.73. The highest BCUT2D eigenvalue weighted by atomic mass is 79.9. The van der Waals surface area contributed by atoms with E-state index in [2.05, 4.69) is 21.2 Å². The van der Waals surface area contributed by atoms with Gasteiger partial charge in [-0.1, -0.05) is 0 Å². The molecular weight excluding hydrogens is 342 g/mol. The number of nitro benzene ring substituents is 1. The third kappa shape index (κ3) is 3.07. The lowest BCUT2D eigenvalue weighted by atomic mass is 10.2. The van der Waals surface area contributed by atoms with E-state index in [9.17, 15) is 18.9 Å². The van der Waals surface area contributed by atoms with Gasteiger partial charge in [0.05, 0.1) is 23.6 Å². The molecule has 0 bridgehead atoms. The maximum Gasteiger partial charge on any atom is 0.275 e. The molecule has 100 valence electrons. The van der Waals surface area contributed by atoms with Crippen LogP contribution in [0, 0.1) is 21.7 Å². The van der Waals surface area contributed by atoms with Crippen molar-refractivity contribution in [2.45, 2.75) is 6.54 Å². The predicted octanol–water partition coefficient (Wildman–Crippen LogP) is 4.31. The lowest BCUT2D eigenvalue weighted by Crippen LogP contribution is -2.04. The molecule has 0 atom stereocenters. The summed E-state index contributed by atoms with van der Waals surface area (Å²) in [5.41, 5.74) is -0.983. The van der Waals surface area contributed by atoms with Crippen LogP contribution in [0.2, 0.25) is 0 Å². The Morgan fingerprint density at radius 2 is 2.00 bits per heavy atom. The fraction of sp³-hybridized carbons (Fsp3) is 0.0909. The van der Waals surface area contributed by atoms with Crippen LogP contribution in [-0.2, 0) is 6.54 Å². The summed E-state index contributed by atoms with van der Waals surface area (Å²) in [6.07, 6.45) is 0. The molecule has 0 spiro atoms. The molecule has 0 saturated carbocycles. The zero-order valence-electron chi connectivity index (χ0n) is 9.32. The average molecular weight is 349 g/mol. The number of rotatable bonds is 4. The number of anilines is 1. The summed E-state index contributed by atoms with van der Waals surface area (Å²) in [7, 11) is 0. The van der Waals surface area contributed by atoms with Gasteiger partial charge in [0.2, 0.25) is 0 Å². The molecule has 1 aromatic carbocycles. The highest BCUT2D eigenvalue weighted by Crippen LogP contribution is 2.27. The van der Waals surface area contributed by atoms with Gasteiger partial charge in [-0.25, -0.2) is 8.78 Å². The monoisotopic (exact) mass is 348 g/mol. The third-order valence-electron chi connectivity index (χ3n) is 2.35. The van der Waals surface area contributed by atoms with Crippen LogP contribution < -0.4 is 5.32 Å². The van der Waals surface area contributed by atoms with E-state index in [-0.39, 0.29) is 12.2 Å². The zero-order chi connectivity index (χ0) is 14.0. The number of non-ortho nitro benzene ring substituents is 1. The minimum atomic E-state index is -0.987. The summed E-state index contributed by atoms with van der Waals surface area (Å²) < 4.78 is 28.0. The highest BCUT2D eigenvalue weighted by Gasteiger charge is 2.17. The van der Waals surface area contributed by atoms with Crippen molar-refractivity contribution in [2.75, 3.05) is 5.32 Å². The summed E-state index contributed by atoms with van der Waals surface area (Å²) in [6.45, 7) is 0.226. The molecular formula is C11H7BrF2N2O2S. The number of benzene rings is 1. The Labute approximate surface area is 119 Å². The molecule has 1 aromatic heterocycles. The van der Waals surface area contributed by atoms with Crippen LogP contribution in [0.15, 0.2) is 28.1 Å². The molecule has 4 nitrogen and oxygen atoms in total. The van der Waals surface area contributed by atoms with E-state index >= 15 is 0 Å². The van der Waals surface area contributed by atoms with Gasteiger partial charge in [0, 0.05) is 9.35 Å². The summed E-state index contributed by atoms with van der Waals surface area (Å²) >= 11 is 4.73. The molecule has 0 aliphatic heterocycles. The van der Waals surface area contributed by atoms with Crippen molar-refractivity contribution < 1.29 is 13.7 Å². The normalized spacial score (nSPS) is 10.5. The maximum atomic E-state index is 13.6. The minimum Gasteiger partial charge on any atom is -0.375 e. The molecule has 1 N–H and O–H groups in total. The van der Waals surface area contributed by atoms with Crippen molar-refractivity contribution in [1.82, 2.24) is 0 Å². The number of nitrogens with one attached hydrogen (secondary N) is 1. The summed E-state index contributed by atoms with van der Waals surface area (Å²) in [6, 6.07) is 3.20. The minimum absolute atomic E-state index is 0.226. The lowest BCUT2D eigenvalue weighted by molar-refractivity contribution is -0.385. The van der Waals surface area contributed by atoms with Crippen molar-refractivity contribution in [3.05, 3.63) is 54.7 Å². The first-order chi connectivity index (χ1) is 8.99. The number of hydrogen-bond donors (Lipinski definition) is 1. The van der Waals surface area contributed by atoms with E-state index in [1.807, 2.05) is 11.4 Å². The highest BCUT2D eigenvalue weighted by molar-refractivity contribution is 9.10. The number of thiophene rings is 1. The number of nitro groups is 1. The Balaban J connectivity index is 2.21. The van der Waals surface area contributed by atoms with Crippen LogP contribution >= 0.6 is 27.3 Å². The fourth-order valence-corrected chi connectivity index (χ4v) is 2.89. The molecule has 0 radical (unpaired) electrons. The maximum absolute atomic E-state index is 13.6. The Morgan fingerprint density at radius 1 is 1.37 bits per heavy atom. The molecule has 0 aliphatic rings. The predicted molar refractivity (Wildman–Crippen MR) is 72.4 cm³/mol. The van der Waals surface area contributed by atoms with Gasteiger partial charge in [0.25, 0.3) is 5.69 Å². The molecule has 0 saturated heterocycles. The first-order valence-electron chi connectivity index (χ1n) is 5.08. The van der Waals surface area contributed by atoms with Gasteiger partial charge in [-0.05, 0) is 27.4 Å². The third-order valence-corrected chi connectivity index (χ3v) is 4.28. The molecule has 8 heteroatoms. The standard InChI is InChI=1S/C11H7BrF2N2O2S/c12-7-1-2-19-10(7)5-15-11-8(13)3-6(16(17)18)4-9(11)14/h1-4,15H,5H2. The van der Waals surface area contributed by atoms with Gasteiger partial charge < -0.3 is 5.32 Å². The van der Waals surface area contributed by atoms with Crippen LogP contribution in [0.1, 0.15) is 4.88 Å². The topological polar surface area (TPSA) is 55.2 Å². The molecule has 0 aliphatic carbocycles. The SMILES string of the molecule is O=[N+]([O-])c1cc(F)c(NCc2sccc2Br)c(F)c1. The number of hydrogen-bond acceptors (Lipinski definition) is 4. The Kier molecular flexibility index (Phi) is 4.11. The second kappa shape index (κ2) is 5.62. The number of nitrogens with zero attached hydrogens (tertiary/aromatic N) is 1. The van der Waals surface area contributed by atoms with Crippen LogP contribution in [0.3, 0.4) is 0 Å². The zero-order valence-corrected chi connectivity index (χ0v) is 11.7. The van der Waals surface area contributed by atoms with Gasteiger partial charge >= 0.3 is 0 Å². The van der Waals surface area contributed by atoms with Crippen LogP contribution in [-0.4, -0.2) is 4.92 Å². The smallest absolute Gasteiger partial charge is 0.275 e. The summed E-state index contributed by atoms with van der Waals surface area (Å²) in [5.74, 6) is -1.97. The van der Waals surface area contributed by atoms with Gasteiger partial charge in [0.15, 0.2) is 11.6 Å². The van der Waals surface area contributed by atoms with Crippen LogP contribution in [0.25, 0.3) is 0 Å². The van der Waals surface area contributed by atoms with E-state index in [0.29, 0.717) is 12.1 Å². The molecule has 0 amide bonds. The summed E-state index contributed by atoms with van der Waals surface area (Å²) in [4.78, 5) is 10.5.